The van der Waals surface area contributed by atoms with E-state index in [4.69, 9.17) is 5.73 Å². The Hall–Kier alpha value is -1.53. The van der Waals surface area contributed by atoms with Crippen molar-refractivity contribution in [1.29, 1.82) is 0 Å². The minimum Gasteiger partial charge on any atom is -0.480 e. The molecule has 3 N–H and O–H groups in total. The highest BCUT2D eigenvalue weighted by Gasteiger charge is 2.44. The van der Waals surface area contributed by atoms with Crippen LogP contribution in [0.1, 0.15) is 25.5 Å². The highest BCUT2D eigenvalue weighted by molar-refractivity contribution is 8.00. The van der Waals surface area contributed by atoms with Crippen LogP contribution >= 0.6 is 11.8 Å². The van der Waals surface area contributed by atoms with Crippen LogP contribution in [0.4, 0.5) is 0 Å². The van der Waals surface area contributed by atoms with Gasteiger partial charge < -0.3 is 15.7 Å². The molecule has 21 heavy (non-hydrogen) atoms. The fraction of sp³-hybridized carbons (Fsp3) is 0.467. The van der Waals surface area contributed by atoms with E-state index in [0.717, 1.165) is 0 Å². The average molecular weight is 308 g/mol. The van der Waals surface area contributed by atoms with Crippen LogP contribution in [-0.2, 0) is 9.59 Å². The number of hydrogen-bond donors (Lipinski definition) is 2. The Kier molecular flexibility index (Phi) is 4.90. The van der Waals surface area contributed by atoms with E-state index in [1.807, 2.05) is 32.0 Å². The summed E-state index contributed by atoms with van der Waals surface area (Å²) in [4.78, 5) is 25.5. The molecule has 1 aliphatic heterocycles. The minimum atomic E-state index is -0.973. The molecule has 1 fully saturated rings. The van der Waals surface area contributed by atoms with E-state index in [9.17, 15) is 14.7 Å². The highest BCUT2D eigenvalue weighted by Crippen LogP contribution is 2.35. The van der Waals surface area contributed by atoms with Crippen molar-refractivity contribution in [2.75, 3.05) is 5.75 Å². The summed E-state index contributed by atoms with van der Waals surface area (Å²) < 4.78 is 0. The molecule has 1 aromatic rings. The van der Waals surface area contributed by atoms with Gasteiger partial charge in [0.2, 0.25) is 5.91 Å². The molecule has 3 atom stereocenters. The average Bonchev–Trinajstić information content (AvgIpc) is 2.91. The lowest BCUT2D eigenvalue weighted by Crippen LogP contribution is -2.50. The molecule has 0 aliphatic carbocycles. The van der Waals surface area contributed by atoms with Crippen LogP contribution in [0.25, 0.3) is 0 Å². The number of carbonyl (C=O) groups excluding carboxylic acids is 1. The van der Waals surface area contributed by atoms with Gasteiger partial charge in [0.25, 0.3) is 0 Å². The smallest absolute Gasteiger partial charge is 0.327 e. The molecular weight excluding hydrogens is 288 g/mol. The first-order chi connectivity index (χ1) is 9.93. The van der Waals surface area contributed by atoms with Gasteiger partial charge in [-0.15, -0.1) is 11.8 Å². The lowest BCUT2D eigenvalue weighted by atomic mass is 10.0. The van der Waals surface area contributed by atoms with Gasteiger partial charge >= 0.3 is 5.97 Å². The Balaban J connectivity index is 2.27. The SMILES string of the molecule is CC(C)C1SCC(C(=O)O)N1C(=O)[C@@H](N)c1ccccc1. The standard InChI is InChI=1S/C15H20N2O3S/c1-9(2)14-17(11(8-21-14)15(19)20)13(18)12(16)10-6-4-3-5-7-10/h3-7,9,11-12,14H,8,16H2,1-2H3,(H,19,20)/t11?,12-,14?/m0/s1. The van der Waals surface area contributed by atoms with Crippen LogP contribution in [0.2, 0.25) is 0 Å². The number of carboxylic acids is 1. The van der Waals surface area contributed by atoms with Gasteiger partial charge in [-0.05, 0) is 11.5 Å². The molecule has 1 amide bonds. The van der Waals surface area contributed by atoms with Gasteiger partial charge in [0.1, 0.15) is 12.1 Å². The molecule has 2 unspecified atom stereocenters. The van der Waals surface area contributed by atoms with Crippen molar-refractivity contribution in [2.45, 2.75) is 31.3 Å². The third-order valence-corrected chi connectivity index (χ3v) is 5.19. The predicted octanol–water partition coefficient (Wildman–Crippen LogP) is 1.70. The largest absolute Gasteiger partial charge is 0.480 e. The molecular formula is C15H20N2O3S. The maximum atomic E-state index is 12.7. The van der Waals surface area contributed by atoms with E-state index in [1.54, 1.807) is 12.1 Å². The monoisotopic (exact) mass is 308 g/mol. The zero-order chi connectivity index (χ0) is 15.6. The normalized spacial score (nSPS) is 23.3. The third kappa shape index (κ3) is 3.22. The molecule has 6 heteroatoms. The molecule has 2 rings (SSSR count). The Bertz CT molecular complexity index is 521. The number of nitrogens with zero attached hydrogens (tertiary/aromatic N) is 1. The maximum absolute atomic E-state index is 12.7. The Morgan fingerprint density at radius 2 is 1.95 bits per heavy atom. The van der Waals surface area contributed by atoms with Gasteiger partial charge in [0.05, 0.1) is 5.37 Å². The molecule has 1 aromatic carbocycles. The quantitative estimate of drug-likeness (QED) is 0.884. The van der Waals surface area contributed by atoms with Gasteiger partial charge in [-0.3, -0.25) is 4.79 Å². The summed E-state index contributed by atoms with van der Waals surface area (Å²) in [5.41, 5.74) is 6.75. The van der Waals surface area contributed by atoms with Crippen LogP contribution < -0.4 is 5.73 Å². The molecule has 0 aromatic heterocycles. The predicted molar refractivity (Wildman–Crippen MR) is 82.7 cm³/mol. The van der Waals surface area contributed by atoms with Gasteiger partial charge in [-0.1, -0.05) is 44.2 Å². The first-order valence-corrected chi connectivity index (χ1v) is 7.95. The zero-order valence-electron chi connectivity index (χ0n) is 12.1. The summed E-state index contributed by atoms with van der Waals surface area (Å²) in [6.45, 7) is 3.96. The molecule has 1 aliphatic rings. The number of hydrogen-bond acceptors (Lipinski definition) is 4. The van der Waals surface area contributed by atoms with E-state index in [1.165, 1.54) is 16.7 Å². The summed E-state index contributed by atoms with van der Waals surface area (Å²) in [5.74, 6) is -0.714. The van der Waals surface area contributed by atoms with Gasteiger partial charge in [-0.25, -0.2) is 4.79 Å². The van der Waals surface area contributed by atoms with Gasteiger partial charge in [-0.2, -0.15) is 0 Å². The molecule has 0 saturated carbocycles. The number of carbonyl (C=O) groups is 2. The van der Waals surface area contributed by atoms with Crippen LogP contribution in [-0.4, -0.2) is 39.1 Å². The maximum Gasteiger partial charge on any atom is 0.327 e. The first-order valence-electron chi connectivity index (χ1n) is 6.90. The Labute approximate surface area is 128 Å². The fourth-order valence-electron chi connectivity index (χ4n) is 2.47. The number of carboxylic acid groups (broad SMARTS) is 1. The number of benzene rings is 1. The topological polar surface area (TPSA) is 83.6 Å². The summed E-state index contributed by atoms with van der Waals surface area (Å²) in [7, 11) is 0. The van der Waals surface area contributed by atoms with Crippen molar-refractivity contribution in [3.05, 3.63) is 35.9 Å². The van der Waals surface area contributed by atoms with Crippen LogP contribution in [0.15, 0.2) is 30.3 Å². The summed E-state index contributed by atoms with van der Waals surface area (Å²) in [6.07, 6.45) is 0. The first kappa shape index (κ1) is 15.9. The van der Waals surface area contributed by atoms with Gasteiger partial charge in [0.15, 0.2) is 0 Å². The van der Waals surface area contributed by atoms with Crippen molar-refractivity contribution in [3.63, 3.8) is 0 Å². The van der Waals surface area contributed by atoms with E-state index < -0.39 is 18.1 Å². The Morgan fingerprint density at radius 3 is 2.48 bits per heavy atom. The number of nitrogens with two attached hydrogens (primary N) is 1. The van der Waals surface area contributed by atoms with Crippen molar-refractivity contribution in [2.24, 2.45) is 11.7 Å². The number of aliphatic carboxylic acids is 1. The Morgan fingerprint density at radius 1 is 1.33 bits per heavy atom. The molecule has 5 nitrogen and oxygen atoms in total. The van der Waals surface area contributed by atoms with Crippen molar-refractivity contribution < 1.29 is 14.7 Å². The lowest BCUT2D eigenvalue weighted by molar-refractivity contribution is -0.150. The second-order valence-corrected chi connectivity index (χ2v) is 6.61. The van der Waals surface area contributed by atoms with Crippen LogP contribution in [0.5, 0.6) is 0 Å². The number of amides is 1. The third-order valence-electron chi connectivity index (χ3n) is 3.57. The molecule has 114 valence electrons. The van der Waals surface area contributed by atoms with E-state index in [-0.39, 0.29) is 17.2 Å². The van der Waals surface area contributed by atoms with Gasteiger partial charge in [0, 0.05) is 5.75 Å². The molecule has 0 bridgehead atoms. The van der Waals surface area contributed by atoms with Crippen molar-refractivity contribution >= 4 is 23.6 Å². The second kappa shape index (κ2) is 6.49. The van der Waals surface area contributed by atoms with E-state index in [2.05, 4.69) is 0 Å². The van der Waals surface area contributed by atoms with Crippen LogP contribution in [0, 0.1) is 5.92 Å². The van der Waals surface area contributed by atoms with Crippen LogP contribution in [0.3, 0.4) is 0 Å². The molecule has 0 radical (unpaired) electrons. The minimum absolute atomic E-state index is 0.145. The molecule has 1 saturated heterocycles. The molecule has 1 heterocycles. The van der Waals surface area contributed by atoms with Crippen molar-refractivity contribution in [1.82, 2.24) is 4.90 Å². The summed E-state index contributed by atoms with van der Waals surface area (Å²) in [6, 6.07) is 7.42. The van der Waals surface area contributed by atoms with E-state index >= 15 is 0 Å². The molecule has 0 spiro atoms. The number of thioether (sulfide) groups is 1. The highest BCUT2D eigenvalue weighted by atomic mass is 32.2. The number of rotatable bonds is 4. The zero-order valence-corrected chi connectivity index (χ0v) is 12.9. The summed E-state index contributed by atoms with van der Waals surface area (Å²) >= 11 is 1.50. The van der Waals surface area contributed by atoms with Crippen molar-refractivity contribution in [3.8, 4) is 0 Å². The second-order valence-electron chi connectivity index (χ2n) is 5.46. The lowest BCUT2D eigenvalue weighted by Gasteiger charge is -2.31. The summed E-state index contributed by atoms with van der Waals surface area (Å²) in [5, 5.41) is 9.19. The fourth-order valence-corrected chi connectivity index (χ4v) is 3.95. The van der Waals surface area contributed by atoms with E-state index in [0.29, 0.717) is 11.3 Å².